The van der Waals surface area contributed by atoms with Crippen LogP contribution in [0, 0.1) is 0 Å². The fourth-order valence-electron chi connectivity index (χ4n) is 3.10. The molecule has 1 amide bonds. The van der Waals surface area contributed by atoms with Gasteiger partial charge in [0.1, 0.15) is 0 Å². The van der Waals surface area contributed by atoms with Gasteiger partial charge in [-0.2, -0.15) is 0 Å². The summed E-state index contributed by atoms with van der Waals surface area (Å²) in [5, 5.41) is 3.79. The molecule has 6 nitrogen and oxygen atoms in total. The Bertz CT molecular complexity index is 1140. The zero-order valence-corrected chi connectivity index (χ0v) is 14.1. The second kappa shape index (κ2) is 6.84. The van der Waals surface area contributed by atoms with Crippen molar-refractivity contribution in [2.75, 3.05) is 6.54 Å². The lowest BCUT2D eigenvalue weighted by molar-refractivity contribution is -0.120. The topological polar surface area (TPSA) is 90.6 Å². The van der Waals surface area contributed by atoms with Crippen molar-refractivity contribution < 1.29 is 4.79 Å². The quantitative estimate of drug-likeness (QED) is 0.518. The predicted octanol–water partition coefficient (Wildman–Crippen LogP) is 2.31. The number of para-hydroxylation sites is 1. The molecule has 0 aliphatic heterocycles. The van der Waals surface area contributed by atoms with Crippen molar-refractivity contribution in [1.82, 2.24) is 20.3 Å². The largest absolute Gasteiger partial charge is 0.360 e. The third-order valence-corrected chi connectivity index (χ3v) is 4.41. The molecular formula is C20H18N4O2. The Morgan fingerprint density at radius 3 is 2.85 bits per heavy atom. The molecule has 1 aromatic carbocycles. The molecule has 0 saturated carbocycles. The number of pyridine rings is 2. The molecule has 0 bridgehead atoms. The second-order valence-corrected chi connectivity index (χ2v) is 6.20. The molecule has 0 unspecified atom stereocenters. The Morgan fingerprint density at radius 2 is 1.92 bits per heavy atom. The summed E-state index contributed by atoms with van der Waals surface area (Å²) in [5.41, 5.74) is 3.98. The molecule has 0 fully saturated rings. The molecule has 3 N–H and O–H groups in total. The van der Waals surface area contributed by atoms with Crippen molar-refractivity contribution in [3.63, 3.8) is 0 Å². The normalized spacial score (nSPS) is 11.1. The minimum atomic E-state index is -0.223. The van der Waals surface area contributed by atoms with Crippen LogP contribution in [0.25, 0.3) is 21.9 Å². The number of nitrogens with one attached hydrogen (secondary N) is 3. The van der Waals surface area contributed by atoms with E-state index in [1.165, 1.54) is 0 Å². The highest BCUT2D eigenvalue weighted by molar-refractivity contribution is 5.83. The number of fused-ring (bicyclic) bond motifs is 2. The molecule has 0 spiro atoms. The first-order chi connectivity index (χ1) is 12.7. The third kappa shape index (κ3) is 3.21. The van der Waals surface area contributed by atoms with Gasteiger partial charge in [0.05, 0.1) is 17.5 Å². The van der Waals surface area contributed by atoms with E-state index in [1.54, 1.807) is 12.3 Å². The van der Waals surface area contributed by atoms with Crippen LogP contribution < -0.4 is 10.9 Å². The summed E-state index contributed by atoms with van der Waals surface area (Å²) in [6.45, 7) is 0.494. The Kier molecular flexibility index (Phi) is 4.23. The summed E-state index contributed by atoms with van der Waals surface area (Å²) >= 11 is 0. The number of hydrogen-bond acceptors (Lipinski definition) is 3. The average Bonchev–Trinajstić information content (AvgIpc) is 3.06. The second-order valence-electron chi connectivity index (χ2n) is 6.20. The Labute approximate surface area is 149 Å². The van der Waals surface area contributed by atoms with Crippen LogP contribution in [0.2, 0.25) is 0 Å². The van der Waals surface area contributed by atoms with Gasteiger partial charge >= 0.3 is 0 Å². The van der Waals surface area contributed by atoms with Crippen molar-refractivity contribution in [3.8, 4) is 0 Å². The van der Waals surface area contributed by atoms with Crippen molar-refractivity contribution in [1.29, 1.82) is 0 Å². The Morgan fingerprint density at radius 1 is 1.08 bits per heavy atom. The van der Waals surface area contributed by atoms with Gasteiger partial charge in [-0.15, -0.1) is 0 Å². The van der Waals surface area contributed by atoms with Crippen LogP contribution in [0.4, 0.5) is 0 Å². The van der Waals surface area contributed by atoms with Crippen LogP contribution in [0.5, 0.6) is 0 Å². The maximum atomic E-state index is 12.2. The van der Waals surface area contributed by atoms with Crippen LogP contribution in [0.3, 0.4) is 0 Å². The van der Waals surface area contributed by atoms with Gasteiger partial charge < -0.3 is 15.3 Å². The fraction of sp³-hybridized carbons (Fsp3) is 0.150. The molecule has 0 aliphatic rings. The van der Waals surface area contributed by atoms with Crippen molar-refractivity contribution in [2.45, 2.75) is 12.8 Å². The summed E-state index contributed by atoms with van der Waals surface area (Å²) in [7, 11) is 0. The highest BCUT2D eigenvalue weighted by Gasteiger charge is 2.09. The van der Waals surface area contributed by atoms with Crippen LogP contribution in [-0.2, 0) is 17.6 Å². The van der Waals surface area contributed by atoms with Crippen LogP contribution in [0.15, 0.2) is 59.7 Å². The molecule has 3 aromatic heterocycles. The first-order valence-corrected chi connectivity index (χ1v) is 8.49. The summed E-state index contributed by atoms with van der Waals surface area (Å²) in [4.78, 5) is 34.7. The molecule has 6 heteroatoms. The SMILES string of the molecule is O=C(Cc1cc2ccccc2[nH]c1=O)NCCc1c[nH]c2cccnc12. The summed E-state index contributed by atoms with van der Waals surface area (Å²) < 4.78 is 0. The van der Waals surface area contributed by atoms with E-state index in [9.17, 15) is 9.59 Å². The van der Waals surface area contributed by atoms with Gasteiger partial charge in [-0.05, 0) is 41.6 Å². The molecule has 0 aliphatic carbocycles. The standard InChI is InChI=1S/C20H18N4O2/c25-18(11-15-10-13-4-1-2-5-16(13)24-20(15)26)21-9-7-14-12-23-17-6-3-8-22-19(14)17/h1-6,8,10,12,23H,7,9,11H2,(H,21,25)(H,24,26). The number of aromatic amines is 2. The van der Waals surface area contributed by atoms with Crippen LogP contribution in [0.1, 0.15) is 11.1 Å². The number of carbonyl (C=O) groups excluding carboxylic acids is 1. The fourth-order valence-corrected chi connectivity index (χ4v) is 3.10. The Hall–Kier alpha value is -3.41. The Balaban J connectivity index is 1.40. The monoisotopic (exact) mass is 346 g/mol. The van der Waals surface area contributed by atoms with Crippen molar-refractivity contribution >= 4 is 27.8 Å². The van der Waals surface area contributed by atoms with E-state index in [1.807, 2.05) is 42.6 Å². The molecule has 0 radical (unpaired) electrons. The van der Waals surface area contributed by atoms with Crippen molar-refractivity contribution in [3.05, 3.63) is 76.3 Å². The molecule has 0 atom stereocenters. The number of rotatable bonds is 5. The van der Waals surface area contributed by atoms with E-state index in [0.29, 0.717) is 18.5 Å². The number of aromatic nitrogens is 3. The first-order valence-electron chi connectivity index (χ1n) is 8.49. The zero-order chi connectivity index (χ0) is 17.9. The average molecular weight is 346 g/mol. The number of hydrogen-bond donors (Lipinski definition) is 3. The lowest BCUT2D eigenvalue weighted by Crippen LogP contribution is -2.29. The molecule has 3 heterocycles. The van der Waals surface area contributed by atoms with E-state index >= 15 is 0 Å². The first kappa shape index (κ1) is 16.1. The highest BCUT2D eigenvalue weighted by Crippen LogP contribution is 2.15. The number of nitrogens with zero attached hydrogens (tertiary/aromatic N) is 1. The molecular weight excluding hydrogens is 328 g/mol. The van der Waals surface area contributed by atoms with Gasteiger partial charge in [0.2, 0.25) is 5.91 Å². The molecule has 0 saturated heterocycles. The number of H-pyrrole nitrogens is 2. The maximum Gasteiger partial charge on any atom is 0.252 e. The van der Waals surface area contributed by atoms with Gasteiger partial charge in [-0.1, -0.05) is 18.2 Å². The van der Waals surface area contributed by atoms with Crippen LogP contribution in [-0.4, -0.2) is 27.4 Å². The van der Waals surface area contributed by atoms with Crippen LogP contribution >= 0.6 is 0 Å². The molecule has 26 heavy (non-hydrogen) atoms. The van der Waals surface area contributed by atoms with E-state index < -0.39 is 0 Å². The summed E-state index contributed by atoms with van der Waals surface area (Å²) in [5.74, 6) is -0.168. The lowest BCUT2D eigenvalue weighted by atomic mass is 10.1. The summed E-state index contributed by atoms with van der Waals surface area (Å²) in [6, 6.07) is 13.1. The maximum absolute atomic E-state index is 12.2. The predicted molar refractivity (Wildman–Crippen MR) is 101 cm³/mol. The van der Waals surface area contributed by atoms with Gasteiger partial charge in [0.25, 0.3) is 5.56 Å². The van der Waals surface area contributed by atoms with E-state index in [2.05, 4.69) is 20.3 Å². The molecule has 4 aromatic rings. The number of benzene rings is 1. The van der Waals surface area contributed by atoms with Gasteiger partial charge in [0.15, 0.2) is 0 Å². The zero-order valence-electron chi connectivity index (χ0n) is 14.1. The van der Waals surface area contributed by atoms with E-state index in [0.717, 1.165) is 27.5 Å². The smallest absolute Gasteiger partial charge is 0.252 e. The van der Waals surface area contributed by atoms with Gasteiger partial charge in [-0.25, -0.2) is 0 Å². The number of carbonyl (C=O) groups is 1. The highest BCUT2D eigenvalue weighted by atomic mass is 16.2. The van der Waals surface area contributed by atoms with Gasteiger partial charge in [0, 0.05) is 30.0 Å². The minimum Gasteiger partial charge on any atom is -0.360 e. The van der Waals surface area contributed by atoms with Gasteiger partial charge in [-0.3, -0.25) is 14.6 Å². The molecule has 4 rings (SSSR count). The number of amides is 1. The third-order valence-electron chi connectivity index (χ3n) is 4.41. The minimum absolute atomic E-state index is 0.0618. The molecule has 130 valence electrons. The van der Waals surface area contributed by atoms with E-state index in [-0.39, 0.29) is 17.9 Å². The van der Waals surface area contributed by atoms with Crippen molar-refractivity contribution in [2.24, 2.45) is 0 Å². The van der Waals surface area contributed by atoms with E-state index in [4.69, 9.17) is 0 Å². The lowest BCUT2D eigenvalue weighted by Gasteiger charge is -2.06. The summed E-state index contributed by atoms with van der Waals surface area (Å²) in [6.07, 6.45) is 4.41.